The molecule has 0 aliphatic heterocycles. The quantitative estimate of drug-likeness (QED) is 0.685. The van der Waals surface area contributed by atoms with E-state index in [0.29, 0.717) is 22.0 Å². The Morgan fingerprint density at radius 2 is 1.96 bits per heavy atom. The van der Waals surface area contributed by atoms with Crippen LogP contribution in [-0.2, 0) is 11.3 Å². The van der Waals surface area contributed by atoms with Crippen molar-refractivity contribution in [2.75, 3.05) is 5.32 Å². The molecule has 0 aliphatic rings. The molecule has 0 unspecified atom stereocenters. The van der Waals surface area contributed by atoms with Gasteiger partial charge in [-0.15, -0.1) is 0 Å². The Morgan fingerprint density at radius 3 is 2.71 bits per heavy atom. The molecule has 0 fully saturated rings. The van der Waals surface area contributed by atoms with Gasteiger partial charge in [0.05, 0.1) is 17.3 Å². The van der Waals surface area contributed by atoms with E-state index in [1.807, 2.05) is 6.20 Å². The topological polar surface area (TPSA) is 84.7 Å². The standard InChI is InChI=1S/C20H21ClN4O3/c1-20(2,3)28-19(27)24-15-6-4-5-13(9-15)18(26)22-10-16-12-25-11-14(21)7-8-17(25)23-16/h4-9,11-12H,10H2,1-3H3,(H,22,26)(H,24,27). The van der Waals surface area contributed by atoms with Gasteiger partial charge < -0.3 is 14.5 Å². The summed E-state index contributed by atoms with van der Waals surface area (Å²) in [6.45, 7) is 5.61. The number of rotatable bonds is 4. The van der Waals surface area contributed by atoms with Gasteiger partial charge in [-0.05, 0) is 51.1 Å². The fourth-order valence-corrected chi connectivity index (χ4v) is 2.70. The van der Waals surface area contributed by atoms with Crippen molar-refractivity contribution in [1.82, 2.24) is 14.7 Å². The van der Waals surface area contributed by atoms with Gasteiger partial charge in [-0.1, -0.05) is 17.7 Å². The minimum absolute atomic E-state index is 0.266. The number of ether oxygens (including phenoxy) is 1. The number of fused-ring (bicyclic) bond motifs is 1. The molecule has 0 saturated carbocycles. The molecule has 28 heavy (non-hydrogen) atoms. The third-order valence-corrected chi connectivity index (χ3v) is 3.89. The van der Waals surface area contributed by atoms with Crippen LogP contribution in [0.1, 0.15) is 36.8 Å². The molecule has 7 nitrogen and oxygen atoms in total. The average Bonchev–Trinajstić information content (AvgIpc) is 3.00. The Bertz CT molecular complexity index is 1020. The van der Waals surface area contributed by atoms with Crippen LogP contribution in [0.2, 0.25) is 5.02 Å². The van der Waals surface area contributed by atoms with E-state index in [1.165, 1.54) is 0 Å². The molecule has 2 amide bonds. The third kappa shape index (κ3) is 5.23. The second-order valence-electron chi connectivity index (χ2n) is 7.24. The number of hydrogen-bond donors (Lipinski definition) is 2. The van der Waals surface area contributed by atoms with Gasteiger partial charge in [-0.25, -0.2) is 9.78 Å². The molecule has 0 spiro atoms. The maximum atomic E-state index is 12.4. The van der Waals surface area contributed by atoms with Crippen LogP contribution in [0.25, 0.3) is 5.65 Å². The molecule has 0 aliphatic carbocycles. The Hall–Kier alpha value is -3.06. The molecule has 2 heterocycles. The molecule has 2 aromatic heterocycles. The molecule has 146 valence electrons. The van der Waals surface area contributed by atoms with Crippen molar-refractivity contribution in [3.05, 3.63) is 65.1 Å². The van der Waals surface area contributed by atoms with E-state index in [0.717, 1.165) is 5.65 Å². The summed E-state index contributed by atoms with van der Waals surface area (Å²) < 4.78 is 7.01. The van der Waals surface area contributed by atoms with Gasteiger partial charge in [-0.3, -0.25) is 10.1 Å². The van der Waals surface area contributed by atoms with Crippen LogP contribution in [0.15, 0.2) is 48.8 Å². The average molecular weight is 401 g/mol. The molecule has 3 aromatic rings. The lowest BCUT2D eigenvalue weighted by Gasteiger charge is -2.19. The van der Waals surface area contributed by atoms with Crippen molar-refractivity contribution in [2.45, 2.75) is 32.9 Å². The van der Waals surface area contributed by atoms with Crippen molar-refractivity contribution in [2.24, 2.45) is 0 Å². The Balaban J connectivity index is 1.63. The zero-order valence-corrected chi connectivity index (χ0v) is 16.6. The number of nitrogens with one attached hydrogen (secondary N) is 2. The number of nitrogens with zero attached hydrogens (tertiary/aromatic N) is 2. The molecule has 0 bridgehead atoms. The number of benzene rings is 1. The number of aromatic nitrogens is 2. The van der Waals surface area contributed by atoms with Crippen LogP contribution in [0.5, 0.6) is 0 Å². The predicted octanol–water partition coefficient (Wildman–Crippen LogP) is 4.26. The minimum atomic E-state index is -0.600. The number of carbonyl (C=O) groups is 2. The molecular formula is C20H21ClN4O3. The number of pyridine rings is 1. The first-order chi connectivity index (χ1) is 13.2. The first kappa shape index (κ1) is 19.7. The lowest BCUT2D eigenvalue weighted by molar-refractivity contribution is 0.0635. The lowest BCUT2D eigenvalue weighted by Crippen LogP contribution is -2.27. The van der Waals surface area contributed by atoms with Crippen molar-refractivity contribution in [3.8, 4) is 0 Å². The number of anilines is 1. The van der Waals surface area contributed by atoms with Gasteiger partial charge in [0.2, 0.25) is 0 Å². The molecule has 1 aromatic carbocycles. The summed E-state index contributed by atoms with van der Waals surface area (Å²) >= 11 is 5.96. The van der Waals surface area contributed by atoms with E-state index < -0.39 is 11.7 Å². The van der Waals surface area contributed by atoms with Crippen LogP contribution >= 0.6 is 11.6 Å². The zero-order chi connectivity index (χ0) is 20.3. The first-order valence-corrected chi connectivity index (χ1v) is 9.09. The number of amides is 2. The van der Waals surface area contributed by atoms with Crippen molar-refractivity contribution in [3.63, 3.8) is 0 Å². The molecule has 0 radical (unpaired) electrons. The van der Waals surface area contributed by atoms with Gasteiger partial charge >= 0.3 is 6.09 Å². The van der Waals surface area contributed by atoms with E-state index >= 15 is 0 Å². The third-order valence-electron chi connectivity index (χ3n) is 3.66. The number of imidazole rings is 1. The number of halogens is 1. The monoisotopic (exact) mass is 400 g/mol. The smallest absolute Gasteiger partial charge is 0.412 e. The maximum Gasteiger partial charge on any atom is 0.412 e. The summed E-state index contributed by atoms with van der Waals surface area (Å²) in [6, 6.07) is 10.2. The highest BCUT2D eigenvalue weighted by molar-refractivity contribution is 6.30. The Kier molecular flexibility index (Phi) is 5.56. The van der Waals surface area contributed by atoms with Crippen molar-refractivity contribution < 1.29 is 14.3 Å². The highest BCUT2D eigenvalue weighted by Gasteiger charge is 2.16. The van der Waals surface area contributed by atoms with Gasteiger partial charge in [0.25, 0.3) is 5.91 Å². The molecular weight excluding hydrogens is 380 g/mol. The Morgan fingerprint density at radius 1 is 1.18 bits per heavy atom. The van der Waals surface area contributed by atoms with Crippen molar-refractivity contribution >= 4 is 34.9 Å². The van der Waals surface area contributed by atoms with Gasteiger partial charge in [-0.2, -0.15) is 0 Å². The van der Waals surface area contributed by atoms with E-state index in [4.69, 9.17) is 16.3 Å². The van der Waals surface area contributed by atoms with Crippen LogP contribution in [0.4, 0.5) is 10.5 Å². The normalized spacial score (nSPS) is 11.3. The second-order valence-corrected chi connectivity index (χ2v) is 7.67. The van der Waals surface area contributed by atoms with Crippen LogP contribution in [0, 0.1) is 0 Å². The van der Waals surface area contributed by atoms with E-state index in [2.05, 4.69) is 15.6 Å². The first-order valence-electron chi connectivity index (χ1n) is 8.71. The van der Waals surface area contributed by atoms with Crippen LogP contribution < -0.4 is 10.6 Å². The van der Waals surface area contributed by atoms with Crippen LogP contribution in [0.3, 0.4) is 0 Å². The van der Waals surface area contributed by atoms with E-state index in [9.17, 15) is 9.59 Å². The molecule has 2 N–H and O–H groups in total. The predicted molar refractivity (Wildman–Crippen MR) is 108 cm³/mol. The van der Waals surface area contributed by atoms with Gasteiger partial charge in [0.1, 0.15) is 11.2 Å². The van der Waals surface area contributed by atoms with E-state index in [-0.39, 0.29) is 12.5 Å². The van der Waals surface area contributed by atoms with Gasteiger partial charge in [0.15, 0.2) is 0 Å². The summed E-state index contributed by atoms with van der Waals surface area (Å²) in [7, 11) is 0. The molecule has 0 atom stereocenters. The second kappa shape index (κ2) is 7.90. The molecule has 0 saturated heterocycles. The minimum Gasteiger partial charge on any atom is -0.444 e. The summed E-state index contributed by atoms with van der Waals surface area (Å²) in [4.78, 5) is 28.7. The zero-order valence-electron chi connectivity index (χ0n) is 15.8. The van der Waals surface area contributed by atoms with Gasteiger partial charge in [0, 0.05) is 23.6 Å². The summed E-state index contributed by atoms with van der Waals surface area (Å²) in [5, 5.41) is 6.05. The highest BCUT2D eigenvalue weighted by Crippen LogP contribution is 2.15. The fourth-order valence-electron chi connectivity index (χ4n) is 2.53. The summed E-state index contributed by atoms with van der Waals surface area (Å²) in [5.74, 6) is -0.275. The highest BCUT2D eigenvalue weighted by atomic mass is 35.5. The largest absolute Gasteiger partial charge is 0.444 e. The molecule has 8 heteroatoms. The molecule has 3 rings (SSSR count). The Labute approximate surface area is 167 Å². The number of carbonyl (C=O) groups excluding carboxylic acids is 2. The maximum absolute atomic E-state index is 12.4. The summed E-state index contributed by atoms with van der Waals surface area (Å²) in [6.07, 6.45) is 2.98. The lowest BCUT2D eigenvalue weighted by atomic mass is 10.2. The SMILES string of the molecule is CC(C)(C)OC(=O)Nc1cccc(C(=O)NCc2cn3cc(Cl)ccc3n2)c1. The summed E-state index contributed by atoms with van der Waals surface area (Å²) in [5.41, 5.74) is 1.75. The number of hydrogen-bond acceptors (Lipinski definition) is 4. The van der Waals surface area contributed by atoms with E-state index in [1.54, 1.807) is 67.8 Å². The fraction of sp³-hybridized carbons (Fsp3) is 0.250. The van der Waals surface area contributed by atoms with Crippen LogP contribution in [-0.4, -0.2) is 27.0 Å². The van der Waals surface area contributed by atoms with Crippen molar-refractivity contribution in [1.29, 1.82) is 0 Å².